The predicted molar refractivity (Wildman–Crippen MR) is 103 cm³/mol. The number of aromatic hydroxyl groups is 2. The Morgan fingerprint density at radius 1 is 0.923 bits per heavy atom. The van der Waals surface area contributed by atoms with Gasteiger partial charge in [-0.25, -0.2) is 4.79 Å². The highest BCUT2D eigenvalue weighted by Crippen LogP contribution is 2.40. The Hall–Kier alpha value is -1.91. The summed E-state index contributed by atoms with van der Waals surface area (Å²) in [5, 5.41) is 29.3. The molecular formula is C21H34O5. The molecule has 0 saturated carbocycles. The van der Waals surface area contributed by atoms with Gasteiger partial charge in [-0.05, 0) is 30.9 Å². The molecule has 5 nitrogen and oxygen atoms in total. The summed E-state index contributed by atoms with van der Waals surface area (Å²) in [5.41, 5.74) is 0.321. The summed E-state index contributed by atoms with van der Waals surface area (Å²) in [4.78, 5) is 11.6. The Labute approximate surface area is 157 Å². The number of phenols is 2. The molecule has 0 radical (unpaired) electrons. The van der Waals surface area contributed by atoms with E-state index >= 15 is 0 Å². The lowest BCUT2D eigenvalue weighted by atomic mass is 10.00. The van der Waals surface area contributed by atoms with Gasteiger partial charge < -0.3 is 20.1 Å². The van der Waals surface area contributed by atoms with Crippen LogP contribution < -0.4 is 4.74 Å². The lowest BCUT2D eigenvalue weighted by Gasteiger charge is -2.16. The largest absolute Gasteiger partial charge is 0.504 e. The molecule has 1 rings (SSSR count). The summed E-state index contributed by atoms with van der Waals surface area (Å²) in [5.74, 6) is -2.10. The minimum atomic E-state index is -1.29. The summed E-state index contributed by atoms with van der Waals surface area (Å²) < 4.78 is 5.73. The number of hydrogen-bond donors (Lipinski definition) is 3. The maximum Gasteiger partial charge on any atom is 0.343 e. The zero-order valence-corrected chi connectivity index (χ0v) is 16.2. The van der Waals surface area contributed by atoms with Crippen LogP contribution in [0.25, 0.3) is 0 Å². The second-order valence-electron chi connectivity index (χ2n) is 6.84. The number of benzene rings is 1. The van der Waals surface area contributed by atoms with Gasteiger partial charge >= 0.3 is 5.97 Å². The molecule has 26 heavy (non-hydrogen) atoms. The molecule has 0 aliphatic rings. The highest BCUT2D eigenvalue weighted by Gasteiger charge is 2.24. The van der Waals surface area contributed by atoms with E-state index in [1.54, 1.807) is 0 Å². The average Bonchev–Trinajstić information content (AvgIpc) is 2.61. The number of carboxylic acid groups (broad SMARTS) is 1. The third-order valence-corrected chi connectivity index (χ3v) is 4.57. The van der Waals surface area contributed by atoms with Gasteiger partial charge in [-0.1, -0.05) is 65.2 Å². The van der Waals surface area contributed by atoms with Crippen molar-refractivity contribution >= 4 is 5.97 Å². The third-order valence-electron chi connectivity index (χ3n) is 4.57. The molecule has 0 aliphatic heterocycles. The van der Waals surface area contributed by atoms with Crippen LogP contribution in [0.4, 0.5) is 0 Å². The van der Waals surface area contributed by atoms with Gasteiger partial charge in [0.25, 0.3) is 0 Å². The quantitative estimate of drug-likeness (QED) is 0.292. The van der Waals surface area contributed by atoms with Crippen LogP contribution in [0.15, 0.2) is 6.07 Å². The van der Waals surface area contributed by atoms with Crippen molar-refractivity contribution in [3.8, 4) is 17.2 Å². The van der Waals surface area contributed by atoms with Gasteiger partial charge in [-0.3, -0.25) is 0 Å². The second kappa shape index (κ2) is 12.4. The van der Waals surface area contributed by atoms with Crippen LogP contribution in [0.2, 0.25) is 0 Å². The molecule has 0 fully saturated rings. The molecule has 0 bridgehead atoms. The molecule has 0 unspecified atom stereocenters. The number of phenolic OH excluding ortho intramolecular Hbond substituents is 1. The predicted octanol–water partition coefficient (Wildman–Crippen LogP) is 5.66. The SMILES string of the molecule is CCCCCCCCCc1cc(O)c(O)c(C(=O)O)c1OCCCCC. The lowest BCUT2D eigenvalue weighted by molar-refractivity contribution is 0.0687. The van der Waals surface area contributed by atoms with E-state index < -0.39 is 17.5 Å². The summed E-state index contributed by atoms with van der Waals surface area (Å²) in [6, 6.07) is 1.44. The highest BCUT2D eigenvalue weighted by molar-refractivity contribution is 5.95. The standard InChI is InChI=1S/C21H34O5/c1-3-5-7-8-9-10-11-13-16-15-17(22)19(23)18(21(24)25)20(16)26-14-12-6-4-2/h15,22-23H,3-14H2,1-2H3,(H,24,25). The fourth-order valence-electron chi connectivity index (χ4n) is 3.04. The number of carbonyl (C=O) groups is 1. The minimum absolute atomic E-state index is 0.204. The van der Waals surface area contributed by atoms with Gasteiger partial charge in [-0.2, -0.15) is 0 Å². The maximum absolute atomic E-state index is 11.6. The maximum atomic E-state index is 11.6. The van der Waals surface area contributed by atoms with Crippen molar-refractivity contribution < 1.29 is 24.9 Å². The van der Waals surface area contributed by atoms with Crippen molar-refractivity contribution in [3.63, 3.8) is 0 Å². The van der Waals surface area contributed by atoms with Crippen molar-refractivity contribution in [1.29, 1.82) is 0 Å². The molecule has 0 heterocycles. The monoisotopic (exact) mass is 366 g/mol. The topological polar surface area (TPSA) is 87.0 Å². The van der Waals surface area contributed by atoms with Crippen molar-refractivity contribution in [2.75, 3.05) is 6.61 Å². The summed E-state index contributed by atoms with van der Waals surface area (Å²) in [7, 11) is 0. The molecule has 3 N–H and O–H groups in total. The van der Waals surface area contributed by atoms with Gasteiger partial charge in [0.15, 0.2) is 11.5 Å². The van der Waals surface area contributed by atoms with Crippen LogP contribution in [0, 0.1) is 0 Å². The lowest BCUT2D eigenvalue weighted by Crippen LogP contribution is -2.08. The van der Waals surface area contributed by atoms with Gasteiger partial charge in [0.2, 0.25) is 0 Å². The second-order valence-corrected chi connectivity index (χ2v) is 6.84. The fraction of sp³-hybridized carbons (Fsp3) is 0.667. The van der Waals surface area contributed by atoms with E-state index in [0.29, 0.717) is 18.6 Å². The van der Waals surface area contributed by atoms with Gasteiger partial charge in [0.1, 0.15) is 11.3 Å². The van der Waals surface area contributed by atoms with Crippen LogP contribution in [-0.2, 0) is 6.42 Å². The molecule has 1 aromatic carbocycles. The fourth-order valence-corrected chi connectivity index (χ4v) is 3.04. The first-order valence-electron chi connectivity index (χ1n) is 9.96. The number of aryl methyl sites for hydroxylation is 1. The smallest absolute Gasteiger partial charge is 0.343 e. The molecule has 0 spiro atoms. The number of rotatable bonds is 14. The highest BCUT2D eigenvalue weighted by atomic mass is 16.5. The van der Waals surface area contributed by atoms with Gasteiger partial charge in [0, 0.05) is 0 Å². The molecule has 0 amide bonds. The number of carboxylic acids is 1. The molecule has 0 saturated heterocycles. The molecule has 1 aromatic rings. The van der Waals surface area contributed by atoms with Crippen LogP contribution in [0.3, 0.4) is 0 Å². The number of ether oxygens (including phenoxy) is 1. The third kappa shape index (κ3) is 7.14. The Balaban J connectivity index is 2.78. The molecule has 0 aromatic heterocycles. The van der Waals surface area contributed by atoms with E-state index in [1.807, 2.05) is 0 Å². The van der Waals surface area contributed by atoms with Crippen LogP contribution in [0.5, 0.6) is 17.2 Å². The van der Waals surface area contributed by atoms with Crippen LogP contribution in [-0.4, -0.2) is 27.9 Å². The summed E-state index contributed by atoms with van der Waals surface area (Å²) >= 11 is 0. The number of unbranched alkanes of at least 4 members (excludes halogenated alkanes) is 8. The number of aromatic carboxylic acids is 1. The van der Waals surface area contributed by atoms with Crippen molar-refractivity contribution in [2.45, 2.75) is 84.5 Å². The van der Waals surface area contributed by atoms with E-state index in [2.05, 4.69) is 13.8 Å². The summed E-state index contributed by atoms with van der Waals surface area (Å²) in [6.07, 6.45) is 11.6. The Kier molecular flexibility index (Phi) is 10.6. The first kappa shape index (κ1) is 22.1. The molecule has 148 valence electrons. The van der Waals surface area contributed by atoms with Crippen molar-refractivity contribution in [2.24, 2.45) is 0 Å². The van der Waals surface area contributed by atoms with Crippen molar-refractivity contribution in [3.05, 3.63) is 17.2 Å². The molecule has 0 aliphatic carbocycles. The Bertz CT molecular complexity index is 554. The Morgan fingerprint density at radius 3 is 2.12 bits per heavy atom. The van der Waals surface area contributed by atoms with Gasteiger partial charge in [0.05, 0.1) is 6.61 Å². The minimum Gasteiger partial charge on any atom is -0.504 e. The van der Waals surface area contributed by atoms with Crippen LogP contribution in [0.1, 0.15) is 94.0 Å². The van der Waals surface area contributed by atoms with Crippen LogP contribution >= 0.6 is 0 Å². The number of hydrogen-bond acceptors (Lipinski definition) is 4. The summed E-state index contributed by atoms with van der Waals surface area (Å²) in [6.45, 7) is 4.68. The van der Waals surface area contributed by atoms with E-state index in [0.717, 1.165) is 38.5 Å². The zero-order chi connectivity index (χ0) is 19.4. The zero-order valence-electron chi connectivity index (χ0n) is 16.2. The van der Waals surface area contributed by atoms with E-state index in [-0.39, 0.29) is 11.3 Å². The average molecular weight is 366 g/mol. The molecular weight excluding hydrogens is 332 g/mol. The Morgan fingerprint density at radius 2 is 1.50 bits per heavy atom. The normalized spacial score (nSPS) is 10.8. The molecule has 5 heteroatoms. The van der Waals surface area contributed by atoms with E-state index in [4.69, 9.17) is 4.74 Å². The first-order valence-corrected chi connectivity index (χ1v) is 9.96. The van der Waals surface area contributed by atoms with Gasteiger partial charge in [-0.15, -0.1) is 0 Å². The van der Waals surface area contributed by atoms with E-state index in [9.17, 15) is 20.1 Å². The van der Waals surface area contributed by atoms with Crippen molar-refractivity contribution in [1.82, 2.24) is 0 Å². The first-order chi connectivity index (χ1) is 12.5. The molecule has 0 atom stereocenters. The van der Waals surface area contributed by atoms with E-state index in [1.165, 1.54) is 31.7 Å².